The normalized spacial score (nSPS) is 12.2. The Morgan fingerprint density at radius 1 is 1.44 bits per heavy atom. The monoisotopic (exact) mass is 249 g/mol. The summed E-state index contributed by atoms with van der Waals surface area (Å²) in [6.07, 6.45) is 5.25. The Balaban J connectivity index is 2.35. The van der Waals surface area contributed by atoms with Crippen LogP contribution in [0.15, 0.2) is 18.3 Å². The van der Waals surface area contributed by atoms with Gasteiger partial charge in [0.2, 0.25) is 5.91 Å². The maximum Gasteiger partial charge on any atom is 0.225 e. The molecular formula is C14H23N3O. The van der Waals surface area contributed by atoms with Gasteiger partial charge in [0.05, 0.1) is 0 Å². The molecule has 1 aromatic rings. The lowest BCUT2D eigenvalue weighted by atomic mass is 9.96. The molecule has 18 heavy (non-hydrogen) atoms. The molecule has 0 aliphatic heterocycles. The summed E-state index contributed by atoms with van der Waals surface area (Å²) in [5.74, 6) is 1.20. The Labute approximate surface area is 109 Å². The number of nitrogens with zero attached hydrogens (tertiary/aromatic N) is 1. The van der Waals surface area contributed by atoms with E-state index in [2.05, 4.69) is 17.2 Å². The van der Waals surface area contributed by atoms with Gasteiger partial charge in [-0.15, -0.1) is 0 Å². The number of carbonyl (C=O) groups excluding carboxylic acids is 1. The van der Waals surface area contributed by atoms with Gasteiger partial charge in [-0.3, -0.25) is 4.79 Å². The first kappa shape index (κ1) is 14.6. The number of rotatable bonds is 7. The van der Waals surface area contributed by atoms with E-state index >= 15 is 0 Å². The molecule has 1 atom stereocenters. The van der Waals surface area contributed by atoms with E-state index in [4.69, 9.17) is 5.73 Å². The third-order valence-corrected chi connectivity index (χ3v) is 3.11. The topological polar surface area (TPSA) is 68.0 Å². The number of pyridine rings is 1. The number of aromatic nitrogens is 1. The van der Waals surface area contributed by atoms with E-state index in [0.29, 0.717) is 24.7 Å². The molecule has 1 rings (SSSR count). The molecule has 1 unspecified atom stereocenters. The number of hydrogen-bond donors (Lipinski definition) is 2. The number of aryl methyl sites for hydroxylation is 1. The van der Waals surface area contributed by atoms with Crippen LogP contribution in [0, 0.1) is 12.8 Å². The lowest BCUT2D eigenvalue weighted by Crippen LogP contribution is -2.15. The molecule has 0 aliphatic carbocycles. The van der Waals surface area contributed by atoms with Crippen molar-refractivity contribution in [3.05, 3.63) is 23.9 Å². The average molecular weight is 249 g/mol. The molecule has 0 bridgehead atoms. The van der Waals surface area contributed by atoms with Crippen LogP contribution < -0.4 is 11.1 Å². The second-order valence-electron chi connectivity index (χ2n) is 4.66. The predicted octanol–water partition coefficient (Wildman–Crippen LogP) is 2.48. The molecule has 100 valence electrons. The molecule has 1 heterocycles. The zero-order valence-corrected chi connectivity index (χ0v) is 11.3. The van der Waals surface area contributed by atoms with Gasteiger partial charge in [-0.25, -0.2) is 4.98 Å². The van der Waals surface area contributed by atoms with Crippen molar-refractivity contribution in [3.63, 3.8) is 0 Å². The quantitative estimate of drug-likeness (QED) is 0.780. The molecule has 1 amide bonds. The predicted molar refractivity (Wildman–Crippen MR) is 74.3 cm³/mol. The first-order valence-electron chi connectivity index (χ1n) is 6.58. The fourth-order valence-electron chi connectivity index (χ4n) is 1.87. The van der Waals surface area contributed by atoms with Crippen LogP contribution in [-0.4, -0.2) is 17.4 Å². The van der Waals surface area contributed by atoms with Crippen LogP contribution in [0.2, 0.25) is 0 Å². The van der Waals surface area contributed by atoms with Crippen molar-refractivity contribution < 1.29 is 4.79 Å². The number of amides is 1. The first-order valence-corrected chi connectivity index (χ1v) is 6.58. The summed E-state index contributed by atoms with van der Waals surface area (Å²) in [7, 11) is 0. The van der Waals surface area contributed by atoms with Crippen LogP contribution in [-0.2, 0) is 4.79 Å². The highest BCUT2D eigenvalue weighted by atomic mass is 16.1. The van der Waals surface area contributed by atoms with Crippen molar-refractivity contribution in [1.29, 1.82) is 0 Å². The van der Waals surface area contributed by atoms with Gasteiger partial charge in [-0.1, -0.05) is 19.4 Å². The summed E-state index contributed by atoms with van der Waals surface area (Å²) in [6, 6.07) is 3.76. The van der Waals surface area contributed by atoms with Crippen LogP contribution in [0.1, 0.15) is 38.2 Å². The molecule has 0 radical (unpaired) electrons. The van der Waals surface area contributed by atoms with Crippen LogP contribution in [0.25, 0.3) is 0 Å². The van der Waals surface area contributed by atoms with Gasteiger partial charge in [0, 0.05) is 12.6 Å². The van der Waals surface area contributed by atoms with E-state index in [9.17, 15) is 4.79 Å². The van der Waals surface area contributed by atoms with E-state index in [1.807, 2.05) is 19.1 Å². The zero-order valence-electron chi connectivity index (χ0n) is 11.3. The van der Waals surface area contributed by atoms with Crippen molar-refractivity contribution in [1.82, 2.24) is 4.98 Å². The lowest BCUT2D eigenvalue weighted by Gasteiger charge is -2.12. The Bertz CT molecular complexity index is 362. The van der Waals surface area contributed by atoms with Gasteiger partial charge in [-0.05, 0) is 43.9 Å². The molecule has 0 fully saturated rings. The molecule has 4 nitrogen and oxygen atoms in total. The summed E-state index contributed by atoms with van der Waals surface area (Å²) < 4.78 is 0. The van der Waals surface area contributed by atoms with Gasteiger partial charge >= 0.3 is 0 Å². The van der Waals surface area contributed by atoms with Gasteiger partial charge < -0.3 is 11.1 Å². The van der Waals surface area contributed by atoms with Crippen LogP contribution in [0.5, 0.6) is 0 Å². The summed E-state index contributed by atoms with van der Waals surface area (Å²) >= 11 is 0. The van der Waals surface area contributed by atoms with Crippen molar-refractivity contribution in [2.45, 2.75) is 39.5 Å². The van der Waals surface area contributed by atoms with Gasteiger partial charge in [0.15, 0.2) is 0 Å². The maximum absolute atomic E-state index is 11.7. The van der Waals surface area contributed by atoms with Crippen molar-refractivity contribution in [2.24, 2.45) is 11.7 Å². The number of nitrogens with two attached hydrogens (primary N) is 1. The third-order valence-electron chi connectivity index (χ3n) is 3.11. The largest absolute Gasteiger partial charge is 0.330 e. The molecule has 0 spiro atoms. The summed E-state index contributed by atoms with van der Waals surface area (Å²) in [5.41, 5.74) is 6.62. The molecule has 0 aromatic carbocycles. The van der Waals surface area contributed by atoms with Crippen LogP contribution >= 0.6 is 0 Å². The minimum atomic E-state index is 0.0295. The highest BCUT2D eigenvalue weighted by Gasteiger charge is 2.09. The van der Waals surface area contributed by atoms with Crippen molar-refractivity contribution >= 4 is 11.7 Å². The van der Waals surface area contributed by atoms with Crippen LogP contribution in [0.4, 0.5) is 5.82 Å². The second kappa shape index (κ2) is 7.82. The molecule has 3 N–H and O–H groups in total. The third kappa shape index (κ3) is 5.27. The highest BCUT2D eigenvalue weighted by molar-refractivity contribution is 5.89. The number of anilines is 1. The molecular weight excluding hydrogens is 226 g/mol. The molecule has 0 saturated heterocycles. The highest BCUT2D eigenvalue weighted by Crippen LogP contribution is 2.15. The fraction of sp³-hybridized carbons (Fsp3) is 0.571. The Morgan fingerprint density at radius 3 is 2.78 bits per heavy atom. The van der Waals surface area contributed by atoms with Crippen LogP contribution in [0.3, 0.4) is 0 Å². The molecule has 1 aromatic heterocycles. The Kier molecular flexibility index (Phi) is 6.36. The maximum atomic E-state index is 11.7. The summed E-state index contributed by atoms with van der Waals surface area (Å²) in [4.78, 5) is 15.9. The molecule has 0 aliphatic rings. The summed E-state index contributed by atoms with van der Waals surface area (Å²) in [5, 5.41) is 2.81. The van der Waals surface area contributed by atoms with Crippen molar-refractivity contribution in [3.8, 4) is 0 Å². The van der Waals surface area contributed by atoms with Gasteiger partial charge in [-0.2, -0.15) is 0 Å². The number of nitrogens with one attached hydrogen (secondary N) is 1. The smallest absolute Gasteiger partial charge is 0.225 e. The zero-order chi connectivity index (χ0) is 13.4. The second-order valence-corrected chi connectivity index (χ2v) is 4.66. The van der Waals surface area contributed by atoms with E-state index in [0.717, 1.165) is 24.8 Å². The lowest BCUT2D eigenvalue weighted by molar-refractivity contribution is -0.116. The minimum absolute atomic E-state index is 0.0295. The number of carbonyl (C=O) groups is 1. The van der Waals surface area contributed by atoms with E-state index in [1.54, 1.807) is 6.20 Å². The summed E-state index contributed by atoms with van der Waals surface area (Å²) in [6.45, 7) is 4.80. The van der Waals surface area contributed by atoms with E-state index in [-0.39, 0.29) is 5.91 Å². The van der Waals surface area contributed by atoms with E-state index in [1.165, 1.54) is 0 Å². The van der Waals surface area contributed by atoms with Crippen molar-refractivity contribution in [2.75, 3.05) is 11.9 Å². The average Bonchev–Trinajstić information content (AvgIpc) is 2.37. The SMILES string of the molecule is CCC(CCN)CCC(=O)Nc1ccc(C)cn1. The molecule has 0 saturated carbocycles. The first-order chi connectivity index (χ1) is 8.65. The Hall–Kier alpha value is -1.42. The van der Waals surface area contributed by atoms with Gasteiger partial charge in [0.1, 0.15) is 5.82 Å². The fourth-order valence-corrected chi connectivity index (χ4v) is 1.87. The minimum Gasteiger partial charge on any atom is -0.330 e. The van der Waals surface area contributed by atoms with Gasteiger partial charge in [0.25, 0.3) is 0 Å². The Morgan fingerprint density at radius 2 is 2.22 bits per heavy atom. The molecule has 4 heteroatoms. The number of hydrogen-bond acceptors (Lipinski definition) is 3. The van der Waals surface area contributed by atoms with E-state index < -0.39 is 0 Å². The standard InChI is InChI=1S/C14H23N3O/c1-3-12(8-9-15)5-7-14(18)17-13-6-4-11(2)10-16-13/h4,6,10,12H,3,5,7-9,15H2,1-2H3,(H,16,17,18).